The fourth-order valence-corrected chi connectivity index (χ4v) is 3.43. The molecule has 0 radical (unpaired) electrons. The van der Waals surface area contributed by atoms with Gasteiger partial charge in [-0.05, 0) is 56.5 Å². The molecule has 2 heterocycles. The van der Waals surface area contributed by atoms with Crippen molar-refractivity contribution in [1.82, 2.24) is 14.8 Å². The average Bonchev–Trinajstić information content (AvgIpc) is 3.00. The van der Waals surface area contributed by atoms with Crippen LogP contribution in [0.2, 0.25) is 0 Å². The zero-order valence-corrected chi connectivity index (χ0v) is 17.4. The van der Waals surface area contributed by atoms with Gasteiger partial charge in [-0.25, -0.2) is 4.98 Å². The summed E-state index contributed by atoms with van der Waals surface area (Å²) < 4.78 is 1.74. The van der Waals surface area contributed by atoms with E-state index in [0.717, 1.165) is 33.4 Å². The maximum absolute atomic E-state index is 13.2. The Balaban J connectivity index is 1.86. The molecule has 0 spiro atoms. The predicted octanol–water partition coefficient (Wildman–Crippen LogP) is 5.12. The lowest BCUT2D eigenvalue weighted by Crippen LogP contribution is -2.14. The van der Waals surface area contributed by atoms with Crippen molar-refractivity contribution >= 4 is 22.6 Å². The number of carbonyl (C=O) groups excluding carboxylic acids is 1. The van der Waals surface area contributed by atoms with E-state index in [-0.39, 0.29) is 5.91 Å². The maximum Gasteiger partial charge on any atom is 0.257 e. The lowest BCUT2D eigenvalue weighted by atomic mass is 9.99. The van der Waals surface area contributed by atoms with E-state index < -0.39 is 0 Å². The largest absolute Gasteiger partial charge is 0.305 e. The molecular weight excluding hydrogens is 360 g/mol. The highest BCUT2D eigenvalue weighted by Gasteiger charge is 2.16. The first kappa shape index (κ1) is 18.9. The van der Waals surface area contributed by atoms with Gasteiger partial charge in [-0.15, -0.1) is 0 Å². The van der Waals surface area contributed by atoms with Gasteiger partial charge in [0.2, 0.25) is 0 Å². The molecule has 1 N–H and O–H groups in total. The van der Waals surface area contributed by atoms with Crippen molar-refractivity contribution in [3.05, 3.63) is 76.5 Å². The summed E-state index contributed by atoms with van der Waals surface area (Å²) in [5, 5.41) is 8.11. The second-order valence-electron chi connectivity index (χ2n) is 7.57. The summed E-state index contributed by atoms with van der Waals surface area (Å²) in [4.78, 5) is 18.1. The van der Waals surface area contributed by atoms with Crippen molar-refractivity contribution in [3.8, 4) is 11.3 Å². The molecule has 5 heteroatoms. The van der Waals surface area contributed by atoms with E-state index in [1.54, 1.807) is 4.68 Å². The second-order valence-corrected chi connectivity index (χ2v) is 7.57. The number of anilines is 1. The van der Waals surface area contributed by atoms with Crippen LogP contribution in [0.4, 0.5) is 5.82 Å². The van der Waals surface area contributed by atoms with Gasteiger partial charge in [0.15, 0.2) is 5.82 Å². The number of nitrogens with one attached hydrogen (secondary N) is 1. The van der Waals surface area contributed by atoms with Gasteiger partial charge in [0.25, 0.3) is 5.91 Å². The van der Waals surface area contributed by atoms with Crippen LogP contribution in [0.3, 0.4) is 0 Å². The molecule has 0 fully saturated rings. The standard InChI is InChI=1S/C24H24N4O/c1-14-9-10-18(11-16(14)3)21-13-20(19-8-6-7-15(2)23(19)25-21)24(29)26-22-12-17(4)28(5)27-22/h6-13H,1-5H3,(H,26,27,29). The molecule has 0 unspecified atom stereocenters. The highest BCUT2D eigenvalue weighted by Crippen LogP contribution is 2.28. The number of rotatable bonds is 3. The number of fused-ring (bicyclic) bond motifs is 1. The van der Waals surface area contributed by atoms with Crippen LogP contribution in [0.5, 0.6) is 0 Å². The van der Waals surface area contributed by atoms with Gasteiger partial charge in [-0.1, -0.05) is 30.3 Å². The van der Waals surface area contributed by atoms with E-state index in [1.165, 1.54) is 11.1 Å². The molecule has 0 aliphatic rings. The number of aryl methyl sites for hydroxylation is 5. The van der Waals surface area contributed by atoms with E-state index in [2.05, 4.69) is 42.5 Å². The van der Waals surface area contributed by atoms with Crippen LogP contribution in [0.15, 0.2) is 48.5 Å². The number of para-hydroxylation sites is 1. The Morgan fingerprint density at radius 1 is 0.931 bits per heavy atom. The highest BCUT2D eigenvalue weighted by molar-refractivity contribution is 6.13. The molecular formula is C24H24N4O. The number of nitrogens with zero attached hydrogens (tertiary/aromatic N) is 3. The topological polar surface area (TPSA) is 59.8 Å². The zero-order valence-electron chi connectivity index (χ0n) is 17.4. The molecule has 0 aliphatic heterocycles. The van der Waals surface area contributed by atoms with Crippen molar-refractivity contribution in [2.75, 3.05) is 5.32 Å². The third kappa shape index (κ3) is 3.51. The zero-order chi connectivity index (χ0) is 20.7. The lowest BCUT2D eigenvalue weighted by molar-refractivity contribution is 0.102. The fourth-order valence-electron chi connectivity index (χ4n) is 3.43. The fraction of sp³-hybridized carbons (Fsp3) is 0.208. The van der Waals surface area contributed by atoms with Gasteiger partial charge in [0, 0.05) is 29.8 Å². The van der Waals surface area contributed by atoms with Crippen LogP contribution >= 0.6 is 0 Å². The Morgan fingerprint density at radius 3 is 2.41 bits per heavy atom. The molecule has 146 valence electrons. The van der Waals surface area contributed by atoms with E-state index in [0.29, 0.717) is 11.4 Å². The molecule has 29 heavy (non-hydrogen) atoms. The first-order valence-corrected chi connectivity index (χ1v) is 9.63. The predicted molar refractivity (Wildman–Crippen MR) is 117 cm³/mol. The van der Waals surface area contributed by atoms with Crippen molar-refractivity contribution in [3.63, 3.8) is 0 Å². The van der Waals surface area contributed by atoms with Crippen molar-refractivity contribution < 1.29 is 4.79 Å². The summed E-state index contributed by atoms with van der Waals surface area (Å²) in [5.41, 5.74) is 7.67. The molecule has 0 atom stereocenters. The molecule has 2 aromatic heterocycles. The van der Waals surface area contributed by atoms with Crippen LogP contribution < -0.4 is 5.32 Å². The number of carbonyl (C=O) groups is 1. The van der Waals surface area contributed by atoms with Gasteiger partial charge in [0.05, 0.1) is 16.8 Å². The van der Waals surface area contributed by atoms with Gasteiger partial charge in [-0.3, -0.25) is 9.48 Å². The molecule has 4 aromatic rings. The number of benzene rings is 2. The molecule has 2 aromatic carbocycles. The maximum atomic E-state index is 13.2. The number of hydrogen-bond acceptors (Lipinski definition) is 3. The van der Waals surface area contributed by atoms with Crippen molar-refractivity contribution in [1.29, 1.82) is 0 Å². The van der Waals surface area contributed by atoms with Crippen LogP contribution in [0.1, 0.15) is 32.7 Å². The molecule has 0 saturated heterocycles. The van der Waals surface area contributed by atoms with E-state index in [4.69, 9.17) is 4.98 Å². The molecule has 5 nitrogen and oxygen atoms in total. The number of amides is 1. The molecule has 4 rings (SSSR count). The van der Waals surface area contributed by atoms with Crippen molar-refractivity contribution in [2.45, 2.75) is 27.7 Å². The Labute approximate surface area is 170 Å². The van der Waals surface area contributed by atoms with Crippen molar-refractivity contribution in [2.24, 2.45) is 7.05 Å². The van der Waals surface area contributed by atoms with Crippen LogP contribution in [0, 0.1) is 27.7 Å². The monoisotopic (exact) mass is 384 g/mol. The van der Waals surface area contributed by atoms with E-state index in [9.17, 15) is 4.79 Å². The Kier molecular flexibility index (Phi) is 4.66. The number of pyridine rings is 1. The Bertz CT molecular complexity index is 1230. The van der Waals surface area contributed by atoms with Gasteiger partial charge < -0.3 is 5.32 Å². The van der Waals surface area contributed by atoms with Gasteiger partial charge in [0.1, 0.15) is 0 Å². The first-order valence-electron chi connectivity index (χ1n) is 9.63. The molecule has 0 saturated carbocycles. The third-order valence-corrected chi connectivity index (χ3v) is 5.44. The summed E-state index contributed by atoms with van der Waals surface area (Å²) in [6.07, 6.45) is 0. The molecule has 0 aliphatic carbocycles. The van der Waals surface area contributed by atoms with Crippen LogP contribution in [-0.2, 0) is 7.05 Å². The summed E-state index contributed by atoms with van der Waals surface area (Å²) in [7, 11) is 1.86. The summed E-state index contributed by atoms with van der Waals surface area (Å²) in [6, 6.07) is 15.9. The average molecular weight is 384 g/mol. The van der Waals surface area contributed by atoms with Gasteiger partial charge >= 0.3 is 0 Å². The summed E-state index contributed by atoms with van der Waals surface area (Å²) in [5.74, 6) is 0.353. The minimum Gasteiger partial charge on any atom is -0.305 e. The van der Waals surface area contributed by atoms with Crippen LogP contribution in [0.25, 0.3) is 22.2 Å². The van der Waals surface area contributed by atoms with E-state index >= 15 is 0 Å². The van der Waals surface area contributed by atoms with Gasteiger partial charge in [-0.2, -0.15) is 5.10 Å². The minimum absolute atomic E-state index is 0.189. The smallest absolute Gasteiger partial charge is 0.257 e. The molecule has 0 bridgehead atoms. The minimum atomic E-state index is -0.189. The SMILES string of the molecule is Cc1ccc(-c2cc(C(=O)Nc3cc(C)n(C)n3)c3cccc(C)c3n2)cc1C. The molecule has 1 amide bonds. The highest BCUT2D eigenvalue weighted by atomic mass is 16.1. The second kappa shape index (κ2) is 7.17. The quantitative estimate of drug-likeness (QED) is 0.533. The number of aromatic nitrogens is 3. The Morgan fingerprint density at radius 2 is 1.72 bits per heavy atom. The Hall–Kier alpha value is -3.47. The number of hydrogen-bond donors (Lipinski definition) is 1. The summed E-state index contributed by atoms with van der Waals surface area (Å²) >= 11 is 0. The summed E-state index contributed by atoms with van der Waals surface area (Å²) in [6.45, 7) is 8.14. The third-order valence-electron chi connectivity index (χ3n) is 5.44. The lowest BCUT2D eigenvalue weighted by Gasteiger charge is -2.12. The van der Waals surface area contributed by atoms with E-state index in [1.807, 2.05) is 51.2 Å². The first-order chi connectivity index (χ1) is 13.8. The normalized spacial score (nSPS) is 11.1. The van der Waals surface area contributed by atoms with Crippen LogP contribution in [-0.4, -0.2) is 20.7 Å².